The molecule has 0 amide bonds. The highest BCUT2D eigenvalue weighted by atomic mass is 31.2. The van der Waals surface area contributed by atoms with Gasteiger partial charge in [-0.3, -0.25) is 0 Å². The Morgan fingerprint density at radius 1 is 0.767 bits per heavy atom. The maximum atomic E-state index is 9.92. The molecule has 5 heteroatoms. The average Bonchev–Trinajstić information content (AvgIpc) is 3.61. The highest BCUT2D eigenvalue weighted by Crippen LogP contribution is 2.58. The Kier molecular flexibility index (Phi) is 4.92. The molecule has 0 saturated carbocycles. The van der Waals surface area contributed by atoms with Gasteiger partial charge in [0.05, 0.1) is 6.61 Å². The average molecular weight is 417 g/mol. The molecule has 4 aromatic carbocycles. The van der Waals surface area contributed by atoms with Crippen LogP contribution in [0.25, 0.3) is 10.8 Å². The number of phenols is 2. The van der Waals surface area contributed by atoms with Gasteiger partial charge in [-0.1, -0.05) is 36.4 Å². The van der Waals surface area contributed by atoms with Gasteiger partial charge in [0.25, 0.3) is 0 Å². The van der Waals surface area contributed by atoms with Gasteiger partial charge < -0.3 is 14.9 Å². The van der Waals surface area contributed by atoms with Gasteiger partial charge in [-0.05, 0) is 60.0 Å². The van der Waals surface area contributed by atoms with Crippen LogP contribution in [-0.2, 0) is 9.26 Å². The van der Waals surface area contributed by atoms with Crippen molar-refractivity contribution in [2.24, 2.45) is 0 Å². The predicted octanol–water partition coefficient (Wildman–Crippen LogP) is 3.88. The summed E-state index contributed by atoms with van der Waals surface area (Å²) in [4.78, 5) is 0. The maximum absolute atomic E-state index is 9.92. The molecule has 0 spiro atoms. The zero-order valence-corrected chi connectivity index (χ0v) is 17.2. The third-order valence-corrected chi connectivity index (χ3v) is 9.04. The van der Waals surface area contributed by atoms with E-state index < -0.39 is 7.49 Å². The van der Waals surface area contributed by atoms with Gasteiger partial charge in [-0.25, -0.2) is 4.52 Å². The van der Waals surface area contributed by atoms with E-state index in [9.17, 15) is 10.2 Å². The Bertz CT molecular complexity index is 1120. The van der Waals surface area contributed by atoms with Gasteiger partial charge in [0.1, 0.15) is 40.1 Å². The van der Waals surface area contributed by atoms with Crippen molar-refractivity contribution in [3.63, 3.8) is 0 Å². The molecule has 1 atom stereocenters. The molecular formula is C25H22O4P+. The summed E-state index contributed by atoms with van der Waals surface area (Å²) in [5.74, 6) is 0.428. The minimum atomic E-state index is -2.55. The molecule has 30 heavy (non-hydrogen) atoms. The first kappa shape index (κ1) is 19.1. The SMILES string of the molecule is Oc1ccc([P+](OCC2CO2)(c2ccc(O)cc2)c2cccc3ccccc23)cc1. The molecule has 150 valence electrons. The Balaban J connectivity index is 1.82. The molecule has 1 fully saturated rings. The summed E-state index contributed by atoms with van der Waals surface area (Å²) in [5.41, 5.74) is 0. The van der Waals surface area contributed by atoms with Crippen molar-refractivity contribution in [2.75, 3.05) is 13.2 Å². The lowest BCUT2D eigenvalue weighted by molar-refractivity contribution is 0.285. The summed E-state index contributed by atoms with van der Waals surface area (Å²) in [5, 5.41) is 25.2. The molecule has 0 bridgehead atoms. The number of fused-ring (bicyclic) bond motifs is 1. The van der Waals surface area contributed by atoms with E-state index in [0.717, 1.165) is 26.7 Å². The normalized spacial score (nSPS) is 15.9. The monoisotopic (exact) mass is 417 g/mol. The van der Waals surface area contributed by atoms with E-state index in [1.807, 2.05) is 36.4 Å². The molecule has 0 radical (unpaired) electrons. The van der Waals surface area contributed by atoms with Crippen LogP contribution in [0, 0.1) is 0 Å². The number of benzene rings is 4. The summed E-state index contributed by atoms with van der Waals surface area (Å²) in [6, 6.07) is 29.1. The first-order chi connectivity index (χ1) is 14.7. The molecule has 0 aliphatic carbocycles. The van der Waals surface area contributed by atoms with E-state index in [0.29, 0.717) is 13.2 Å². The molecular weight excluding hydrogens is 395 g/mol. The molecule has 1 unspecified atom stereocenters. The van der Waals surface area contributed by atoms with Crippen LogP contribution in [0.1, 0.15) is 0 Å². The van der Waals surface area contributed by atoms with Crippen molar-refractivity contribution in [3.05, 3.63) is 91.0 Å². The third kappa shape index (κ3) is 3.44. The van der Waals surface area contributed by atoms with Gasteiger partial charge in [0.15, 0.2) is 0 Å². The lowest BCUT2D eigenvalue weighted by Crippen LogP contribution is -2.34. The fraction of sp³-hybridized carbons (Fsp3) is 0.120. The second-order valence-electron chi connectivity index (χ2n) is 7.39. The van der Waals surface area contributed by atoms with Crippen LogP contribution in [0.15, 0.2) is 91.0 Å². The molecule has 4 aromatic rings. The minimum absolute atomic E-state index is 0.105. The summed E-state index contributed by atoms with van der Waals surface area (Å²) < 4.78 is 12.3. The maximum Gasteiger partial charge on any atom is 0.242 e. The third-order valence-electron chi connectivity index (χ3n) is 5.39. The first-order valence-electron chi connectivity index (χ1n) is 9.89. The van der Waals surface area contributed by atoms with Gasteiger partial charge in [-0.2, -0.15) is 0 Å². The number of hydrogen-bond donors (Lipinski definition) is 2. The zero-order chi connectivity index (χ0) is 20.6. The molecule has 0 aromatic heterocycles. The Morgan fingerprint density at radius 2 is 1.33 bits per heavy atom. The molecule has 4 nitrogen and oxygen atoms in total. The summed E-state index contributed by atoms with van der Waals surface area (Å²) in [7, 11) is -2.55. The Morgan fingerprint density at radius 3 is 1.93 bits per heavy atom. The summed E-state index contributed by atoms with van der Waals surface area (Å²) >= 11 is 0. The van der Waals surface area contributed by atoms with Gasteiger partial charge in [0.2, 0.25) is 7.49 Å². The van der Waals surface area contributed by atoms with Gasteiger partial charge in [0, 0.05) is 5.39 Å². The first-order valence-corrected chi connectivity index (χ1v) is 11.6. The van der Waals surface area contributed by atoms with Crippen molar-refractivity contribution in [2.45, 2.75) is 6.10 Å². The fourth-order valence-electron chi connectivity index (χ4n) is 3.81. The predicted molar refractivity (Wildman–Crippen MR) is 122 cm³/mol. The van der Waals surface area contributed by atoms with Gasteiger partial charge in [-0.15, -0.1) is 0 Å². The standard InChI is InChI=1S/C25H21O4P/c26-19-8-12-22(13-9-19)30(29-17-21-16-28-21,23-14-10-20(27)11-15-23)25-7-3-5-18-4-1-2-6-24(18)25/h1-15,21H,16-17H2,(H-,26,27)/p+1. The van der Waals surface area contributed by atoms with Crippen LogP contribution in [-0.4, -0.2) is 29.5 Å². The van der Waals surface area contributed by atoms with Crippen molar-refractivity contribution < 1.29 is 19.5 Å². The highest BCUT2D eigenvalue weighted by molar-refractivity contribution is 7.92. The number of hydrogen-bond acceptors (Lipinski definition) is 4. The number of phenolic OH excluding ortho intramolecular Hbond substituents is 2. The van der Waals surface area contributed by atoms with Crippen LogP contribution < -0.4 is 15.9 Å². The van der Waals surface area contributed by atoms with E-state index in [1.54, 1.807) is 24.3 Å². The van der Waals surface area contributed by atoms with Crippen LogP contribution >= 0.6 is 7.49 Å². The Hall–Kier alpha value is -2.91. The quantitative estimate of drug-likeness (QED) is 0.369. The molecule has 1 saturated heterocycles. The Labute approximate surface area is 175 Å². The number of rotatable bonds is 6. The molecule has 1 aliphatic heterocycles. The zero-order valence-electron chi connectivity index (χ0n) is 16.3. The second-order valence-corrected chi connectivity index (χ2v) is 10.4. The highest BCUT2D eigenvalue weighted by Gasteiger charge is 2.50. The van der Waals surface area contributed by atoms with Crippen LogP contribution in [0.4, 0.5) is 0 Å². The number of aromatic hydroxyl groups is 2. The second kappa shape index (κ2) is 7.73. The summed E-state index contributed by atoms with van der Waals surface area (Å²) in [6.45, 7) is 1.19. The van der Waals surface area contributed by atoms with Crippen molar-refractivity contribution in [1.82, 2.24) is 0 Å². The van der Waals surface area contributed by atoms with E-state index in [-0.39, 0.29) is 17.6 Å². The fourth-order valence-corrected chi connectivity index (χ4v) is 7.47. The number of epoxide rings is 1. The van der Waals surface area contributed by atoms with Crippen molar-refractivity contribution in [1.29, 1.82) is 0 Å². The van der Waals surface area contributed by atoms with E-state index >= 15 is 0 Å². The van der Waals surface area contributed by atoms with Crippen LogP contribution in [0.3, 0.4) is 0 Å². The molecule has 1 heterocycles. The van der Waals surface area contributed by atoms with Crippen molar-refractivity contribution in [3.8, 4) is 11.5 Å². The summed E-state index contributed by atoms with van der Waals surface area (Å²) in [6.07, 6.45) is 0.105. The van der Waals surface area contributed by atoms with Crippen LogP contribution in [0.5, 0.6) is 11.5 Å². The molecule has 2 N–H and O–H groups in total. The largest absolute Gasteiger partial charge is 0.508 e. The number of ether oxygens (including phenoxy) is 1. The van der Waals surface area contributed by atoms with Crippen LogP contribution in [0.2, 0.25) is 0 Å². The minimum Gasteiger partial charge on any atom is -0.508 e. The lowest BCUT2D eigenvalue weighted by Gasteiger charge is -2.26. The lowest BCUT2D eigenvalue weighted by atomic mass is 10.1. The topological polar surface area (TPSA) is 62.2 Å². The van der Waals surface area contributed by atoms with E-state index in [2.05, 4.69) is 30.3 Å². The smallest absolute Gasteiger partial charge is 0.242 e. The molecule has 5 rings (SSSR count). The van der Waals surface area contributed by atoms with E-state index in [4.69, 9.17) is 9.26 Å². The van der Waals surface area contributed by atoms with Crippen molar-refractivity contribution >= 4 is 34.2 Å². The van der Waals surface area contributed by atoms with E-state index in [1.165, 1.54) is 0 Å². The van der Waals surface area contributed by atoms with Gasteiger partial charge >= 0.3 is 0 Å². The molecule has 1 aliphatic rings.